The third-order valence-corrected chi connectivity index (χ3v) is 16.3. The first kappa shape index (κ1) is 82.7. The van der Waals surface area contributed by atoms with Gasteiger partial charge < -0.3 is 18.9 Å². The van der Waals surface area contributed by atoms with Gasteiger partial charge >= 0.3 is 19.8 Å². The standard InChI is InChI=1S/C76H134NO8P/c1-6-8-10-12-14-16-18-20-22-24-26-28-30-32-34-36-38-40-42-44-46-48-50-52-54-56-58-60-62-64-66-68-75(78)82-72-74(73-84-86(80,81)83-71-70-77(3,4)5)85-76(79)69-67-65-63-61-59-57-55-53-51-49-47-45-43-41-39-37-35-33-31-29-27-25-23-21-19-17-15-13-11-9-7-2/h9,11,15,17,21,23,27,29,33,35,39,41,45,47,51,53,57,59,74H,6-8,10,12-14,16,18-20,22,24-26,28,30-32,34,36-38,40,42-44,46,48-50,52,54-56,58,60-73H2,1-5H3/p+1/b11-9-,17-15-,23-21-,29-27-,35-33-,41-39-,47-45-,53-51-,59-57-. The quantitative estimate of drug-likeness (QED) is 0.0211. The molecule has 10 heteroatoms. The Labute approximate surface area is 531 Å². The second kappa shape index (κ2) is 66.1. The summed E-state index contributed by atoms with van der Waals surface area (Å²) in [5.41, 5.74) is 0. The smallest absolute Gasteiger partial charge is 0.462 e. The third-order valence-electron chi connectivity index (χ3n) is 15.3. The fourth-order valence-corrected chi connectivity index (χ4v) is 10.6. The molecular weight excluding hydrogens is 1090 g/mol. The van der Waals surface area contributed by atoms with Crippen LogP contribution in [0.1, 0.15) is 309 Å². The predicted octanol–water partition coefficient (Wildman–Crippen LogP) is 23.3. The number of esters is 2. The Morgan fingerprint density at radius 3 is 0.988 bits per heavy atom. The molecule has 0 aliphatic carbocycles. The number of ether oxygens (including phenoxy) is 2. The second-order valence-electron chi connectivity index (χ2n) is 24.9. The van der Waals surface area contributed by atoms with Gasteiger partial charge in [-0.3, -0.25) is 18.6 Å². The average molecular weight is 1220 g/mol. The van der Waals surface area contributed by atoms with E-state index in [2.05, 4.69) is 123 Å². The van der Waals surface area contributed by atoms with Crippen molar-refractivity contribution in [3.8, 4) is 0 Å². The Morgan fingerprint density at radius 2 is 0.663 bits per heavy atom. The number of phosphoric acid groups is 1. The van der Waals surface area contributed by atoms with Crippen LogP contribution in [0.5, 0.6) is 0 Å². The van der Waals surface area contributed by atoms with E-state index >= 15 is 0 Å². The summed E-state index contributed by atoms with van der Waals surface area (Å²) in [6, 6.07) is 0. The number of unbranched alkanes of at least 4 members (excludes halogenated alkanes) is 33. The van der Waals surface area contributed by atoms with E-state index in [1.807, 2.05) is 21.1 Å². The molecule has 0 aromatic rings. The maximum absolute atomic E-state index is 12.9. The molecule has 496 valence electrons. The van der Waals surface area contributed by atoms with E-state index in [-0.39, 0.29) is 32.0 Å². The van der Waals surface area contributed by atoms with Crippen molar-refractivity contribution >= 4 is 19.8 Å². The lowest BCUT2D eigenvalue weighted by atomic mass is 10.0. The number of carbonyl (C=O) groups excluding carboxylic acids is 2. The minimum absolute atomic E-state index is 0.0206. The van der Waals surface area contributed by atoms with Crippen LogP contribution in [0, 0.1) is 0 Å². The molecule has 0 heterocycles. The Balaban J connectivity index is 4.12. The number of hydrogen-bond acceptors (Lipinski definition) is 7. The number of likely N-dealkylation sites (N-methyl/N-ethyl adjacent to an activating group) is 1. The van der Waals surface area contributed by atoms with E-state index in [4.69, 9.17) is 18.5 Å². The molecule has 0 spiro atoms. The highest BCUT2D eigenvalue weighted by Gasteiger charge is 2.27. The fourth-order valence-electron chi connectivity index (χ4n) is 9.89. The van der Waals surface area contributed by atoms with Gasteiger partial charge in [0, 0.05) is 12.8 Å². The van der Waals surface area contributed by atoms with E-state index in [1.165, 1.54) is 180 Å². The summed E-state index contributed by atoms with van der Waals surface area (Å²) in [5.74, 6) is -0.831. The Bertz CT molecular complexity index is 1820. The third kappa shape index (κ3) is 69.8. The number of nitrogens with zero attached hydrogens (tertiary/aromatic N) is 1. The van der Waals surface area contributed by atoms with E-state index in [1.54, 1.807) is 0 Å². The lowest BCUT2D eigenvalue weighted by Crippen LogP contribution is -2.37. The lowest BCUT2D eigenvalue weighted by molar-refractivity contribution is -0.870. The van der Waals surface area contributed by atoms with Gasteiger partial charge in [-0.1, -0.05) is 322 Å². The summed E-state index contributed by atoms with van der Waals surface area (Å²) in [7, 11) is 1.45. The molecule has 0 bridgehead atoms. The Hall–Kier alpha value is -3.33. The molecule has 0 saturated heterocycles. The summed E-state index contributed by atoms with van der Waals surface area (Å²) >= 11 is 0. The molecule has 0 aliphatic rings. The summed E-state index contributed by atoms with van der Waals surface area (Å²) in [5, 5.41) is 0. The van der Waals surface area contributed by atoms with Crippen molar-refractivity contribution in [1.29, 1.82) is 0 Å². The van der Waals surface area contributed by atoms with E-state index in [0.29, 0.717) is 17.4 Å². The van der Waals surface area contributed by atoms with E-state index < -0.39 is 26.5 Å². The molecule has 86 heavy (non-hydrogen) atoms. The first-order chi connectivity index (χ1) is 42.0. The Morgan fingerprint density at radius 1 is 0.372 bits per heavy atom. The molecular formula is C76H135NO8P+. The van der Waals surface area contributed by atoms with Crippen LogP contribution >= 0.6 is 7.82 Å². The summed E-state index contributed by atoms with van der Waals surface area (Å²) in [6.07, 6.45) is 93.5. The fraction of sp³-hybridized carbons (Fsp3) is 0.737. The largest absolute Gasteiger partial charge is 0.472 e. The van der Waals surface area contributed by atoms with Crippen molar-refractivity contribution < 1.29 is 42.1 Å². The zero-order chi connectivity index (χ0) is 62.6. The molecule has 0 aromatic heterocycles. The molecule has 1 N–H and O–H groups in total. The zero-order valence-electron chi connectivity index (χ0n) is 56.5. The molecule has 0 aromatic carbocycles. The molecule has 2 atom stereocenters. The zero-order valence-corrected chi connectivity index (χ0v) is 57.4. The molecule has 0 fully saturated rings. The maximum atomic E-state index is 12.9. The van der Waals surface area contributed by atoms with Gasteiger partial charge in [-0.05, 0) is 83.5 Å². The number of allylic oxidation sites excluding steroid dienone is 18. The molecule has 0 radical (unpaired) electrons. The number of carbonyl (C=O) groups is 2. The van der Waals surface area contributed by atoms with E-state index in [9.17, 15) is 19.0 Å². The highest BCUT2D eigenvalue weighted by Crippen LogP contribution is 2.43. The van der Waals surface area contributed by atoms with Crippen LogP contribution in [0.15, 0.2) is 109 Å². The van der Waals surface area contributed by atoms with E-state index in [0.717, 1.165) is 96.3 Å². The molecule has 0 saturated carbocycles. The summed E-state index contributed by atoms with van der Waals surface area (Å²) in [4.78, 5) is 35.9. The van der Waals surface area contributed by atoms with Gasteiger partial charge in [-0.15, -0.1) is 0 Å². The van der Waals surface area contributed by atoms with Crippen LogP contribution in [0.4, 0.5) is 0 Å². The summed E-state index contributed by atoms with van der Waals surface area (Å²) < 4.78 is 34.7. The van der Waals surface area contributed by atoms with Crippen LogP contribution in [-0.2, 0) is 32.7 Å². The first-order valence-corrected chi connectivity index (χ1v) is 37.1. The second-order valence-corrected chi connectivity index (χ2v) is 26.4. The van der Waals surface area contributed by atoms with Crippen LogP contribution in [0.25, 0.3) is 0 Å². The van der Waals surface area contributed by atoms with Gasteiger partial charge in [0.1, 0.15) is 19.8 Å². The highest BCUT2D eigenvalue weighted by atomic mass is 31.2. The van der Waals surface area contributed by atoms with Crippen LogP contribution in [-0.4, -0.2) is 74.9 Å². The van der Waals surface area contributed by atoms with Crippen LogP contribution < -0.4 is 0 Å². The summed E-state index contributed by atoms with van der Waals surface area (Å²) in [6.45, 7) is 4.31. The number of rotatable bonds is 65. The van der Waals surface area contributed by atoms with Gasteiger partial charge in [0.25, 0.3) is 0 Å². The van der Waals surface area contributed by atoms with Crippen molar-refractivity contribution in [2.75, 3.05) is 47.5 Å². The normalized spacial score (nSPS) is 13.8. The van der Waals surface area contributed by atoms with Crippen LogP contribution in [0.2, 0.25) is 0 Å². The first-order valence-electron chi connectivity index (χ1n) is 35.6. The van der Waals surface area contributed by atoms with Gasteiger partial charge in [0.15, 0.2) is 6.10 Å². The highest BCUT2D eigenvalue weighted by molar-refractivity contribution is 7.47. The van der Waals surface area contributed by atoms with Crippen molar-refractivity contribution in [2.24, 2.45) is 0 Å². The van der Waals surface area contributed by atoms with Crippen molar-refractivity contribution in [3.63, 3.8) is 0 Å². The van der Waals surface area contributed by atoms with Crippen molar-refractivity contribution in [2.45, 2.75) is 315 Å². The van der Waals surface area contributed by atoms with Crippen molar-refractivity contribution in [1.82, 2.24) is 0 Å². The maximum Gasteiger partial charge on any atom is 0.472 e. The lowest BCUT2D eigenvalue weighted by Gasteiger charge is -2.24. The molecule has 2 unspecified atom stereocenters. The van der Waals surface area contributed by atoms with Crippen LogP contribution in [0.3, 0.4) is 0 Å². The Kier molecular flexibility index (Phi) is 63.5. The van der Waals surface area contributed by atoms with Gasteiger partial charge in [-0.25, -0.2) is 4.57 Å². The molecule has 0 rings (SSSR count). The number of hydrogen-bond donors (Lipinski definition) is 1. The minimum Gasteiger partial charge on any atom is -0.462 e. The SMILES string of the molecule is CC/C=C\C/C=C\C/C=C\C/C=C\C/C=C\C/C=C\C/C=C\C/C=C\C/C=C\CCCCCC(=O)OC(COC(=O)CCCCCCCCCCCCCCCCCCCCCCCCCCCCCCCCC)COP(=O)(O)OCC[N+](C)(C)C. The monoisotopic (exact) mass is 1220 g/mol. The molecule has 0 amide bonds. The molecule has 9 nitrogen and oxygen atoms in total. The topological polar surface area (TPSA) is 108 Å². The van der Waals surface area contributed by atoms with Gasteiger partial charge in [0.05, 0.1) is 27.7 Å². The van der Waals surface area contributed by atoms with Gasteiger partial charge in [-0.2, -0.15) is 0 Å². The minimum atomic E-state index is -4.41. The predicted molar refractivity (Wildman–Crippen MR) is 371 cm³/mol. The number of quaternary nitrogens is 1. The number of phosphoric ester groups is 1. The van der Waals surface area contributed by atoms with Crippen molar-refractivity contribution in [3.05, 3.63) is 109 Å². The molecule has 0 aliphatic heterocycles. The van der Waals surface area contributed by atoms with Gasteiger partial charge in [0.2, 0.25) is 0 Å². The average Bonchev–Trinajstić information content (AvgIpc) is 3.56.